The fourth-order valence-corrected chi connectivity index (χ4v) is 5.64. The lowest BCUT2D eigenvalue weighted by molar-refractivity contribution is -0.126. The third kappa shape index (κ3) is 5.54. The summed E-state index contributed by atoms with van der Waals surface area (Å²) in [5, 5.41) is 2.72. The quantitative estimate of drug-likeness (QED) is 0.664. The average molecular weight is 471 g/mol. The van der Waals surface area contributed by atoms with Gasteiger partial charge in [0.15, 0.2) is 0 Å². The van der Waals surface area contributed by atoms with E-state index in [0.29, 0.717) is 32.7 Å². The zero-order valence-corrected chi connectivity index (χ0v) is 19.6. The molecule has 0 aromatic heterocycles. The van der Waals surface area contributed by atoms with E-state index < -0.39 is 15.9 Å². The normalized spacial score (nSPS) is 19.7. The smallest absolute Gasteiger partial charge is 0.227 e. The van der Waals surface area contributed by atoms with Crippen LogP contribution in [0, 0.1) is 12.8 Å². The summed E-state index contributed by atoms with van der Waals surface area (Å²) in [6.45, 7) is 4.44. The number of nitrogens with one attached hydrogen (secondary N) is 1. The number of piperazine rings is 1. The van der Waals surface area contributed by atoms with E-state index in [9.17, 15) is 18.0 Å². The van der Waals surface area contributed by atoms with Gasteiger partial charge in [-0.05, 0) is 31.2 Å². The van der Waals surface area contributed by atoms with Crippen molar-refractivity contribution in [2.75, 3.05) is 54.8 Å². The first-order valence-corrected chi connectivity index (χ1v) is 12.9. The summed E-state index contributed by atoms with van der Waals surface area (Å²) in [6.07, 6.45) is 0.133. The Morgan fingerprint density at radius 2 is 1.64 bits per heavy atom. The molecule has 0 aliphatic carbocycles. The number of nitrogens with zero attached hydrogens (tertiary/aromatic N) is 3. The van der Waals surface area contributed by atoms with Crippen LogP contribution in [0.15, 0.2) is 54.6 Å². The molecule has 2 aromatic carbocycles. The Morgan fingerprint density at radius 3 is 2.30 bits per heavy atom. The van der Waals surface area contributed by atoms with Crippen LogP contribution in [0.1, 0.15) is 12.0 Å². The molecular weight excluding hydrogens is 440 g/mol. The van der Waals surface area contributed by atoms with E-state index in [4.69, 9.17) is 0 Å². The minimum absolute atomic E-state index is 0.0370. The molecule has 4 rings (SSSR count). The topological polar surface area (TPSA) is 90.0 Å². The van der Waals surface area contributed by atoms with Crippen molar-refractivity contribution in [3.05, 3.63) is 60.2 Å². The zero-order valence-electron chi connectivity index (χ0n) is 18.8. The summed E-state index contributed by atoms with van der Waals surface area (Å²) in [4.78, 5) is 28.8. The van der Waals surface area contributed by atoms with Gasteiger partial charge in [-0.2, -0.15) is 4.31 Å². The monoisotopic (exact) mass is 470 g/mol. The second-order valence-corrected chi connectivity index (χ2v) is 10.7. The minimum atomic E-state index is -3.46. The second-order valence-electron chi connectivity index (χ2n) is 8.57. The van der Waals surface area contributed by atoms with E-state index in [1.165, 1.54) is 4.31 Å². The van der Waals surface area contributed by atoms with Crippen LogP contribution in [-0.2, 0) is 19.6 Å². The molecule has 2 fully saturated rings. The van der Waals surface area contributed by atoms with E-state index in [1.807, 2.05) is 61.5 Å². The summed E-state index contributed by atoms with van der Waals surface area (Å²) in [6, 6.07) is 17.6. The number of rotatable bonds is 7. The van der Waals surface area contributed by atoms with E-state index in [0.717, 1.165) is 16.9 Å². The maximum Gasteiger partial charge on any atom is 0.227 e. The van der Waals surface area contributed by atoms with Crippen LogP contribution >= 0.6 is 0 Å². The molecule has 2 heterocycles. The standard InChI is InChI=1S/C24H30N4O4S/c1-19-7-9-22(10-8-19)28-18-20(17-23(28)29)24(30)25-11-16-33(31,32)27-14-12-26(13-15-27)21-5-3-2-4-6-21/h2-10,20H,11-18H2,1H3,(H,25,30)/t20-/m0/s1. The molecule has 1 N–H and O–H groups in total. The van der Waals surface area contributed by atoms with Crippen molar-refractivity contribution >= 4 is 33.2 Å². The molecule has 2 aliphatic rings. The number of carbonyl (C=O) groups excluding carboxylic acids is 2. The van der Waals surface area contributed by atoms with Crippen LogP contribution in [0.5, 0.6) is 0 Å². The molecule has 9 heteroatoms. The first-order chi connectivity index (χ1) is 15.8. The predicted octanol–water partition coefficient (Wildman–Crippen LogP) is 1.62. The van der Waals surface area contributed by atoms with E-state index in [2.05, 4.69) is 10.2 Å². The van der Waals surface area contributed by atoms with Crippen molar-refractivity contribution in [3.63, 3.8) is 0 Å². The average Bonchev–Trinajstić information content (AvgIpc) is 3.22. The van der Waals surface area contributed by atoms with Gasteiger partial charge >= 0.3 is 0 Å². The fourth-order valence-electron chi connectivity index (χ4n) is 4.30. The molecule has 0 bridgehead atoms. The summed E-state index contributed by atoms with van der Waals surface area (Å²) < 4.78 is 27.0. The third-order valence-electron chi connectivity index (χ3n) is 6.25. The number of benzene rings is 2. The van der Waals surface area contributed by atoms with Crippen LogP contribution in [-0.4, -0.2) is 69.6 Å². The molecule has 2 amide bonds. The highest BCUT2D eigenvalue weighted by Gasteiger charge is 2.35. The summed E-state index contributed by atoms with van der Waals surface area (Å²) >= 11 is 0. The van der Waals surface area contributed by atoms with Crippen molar-refractivity contribution in [2.45, 2.75) is 13.3 Å². The molecule has 8 nitrogen and oxygen atoms in total. The molecule has 176 valence electrons. The largest absolute Gasteiger partial charge is 0.369 e. The Balaban J connectivity index is 1.24. The first kappa shape index (κ1) is 23.3. The lowest BCUT2D eigenvalue weighted by atomic mass is 10.1. The summed E-state index contributed by atoms with van der Waals surface area (Å²) in [5.41, 5.74) is 2.97. The zero-order chi connectivity index (χ0) is 23.4. The van der Waals surface area contributed by atoms with Gasteiger partial charge in [0.25, 0.3) is 0 Å². The highest BCUT2D eigenvalue weighted by atomic mass is 32.2. The van der Waals surface area contributed by atoms with Gasteiger partial charge in [0, 0.05) is 57.1 Å². The molecule has 0 spiro atoms. The number of carbonyl (C=O) groups is 2. The van der Waals surface area contributed by atoms with Crippen molar-refractivity contribution in [1.29, 1.82) is 0 Å². The Kier molecular flexibility index (Phi) is 6.99. The maximum atomic E-state index is 12.7. The van der Waals surface area contributed by atoms with Crippen LogP contribution < -0.4 is 15.1 Å². The number of para-hydroxylation sites is 1. The van der Waals surface area contributed by atoms with Gasteiger partial charge in [0.2, 0.25) is 21.8 Å². The Hall–Kier alpha value is -2.91. The van der Waals surface area contributed by atoms with Crippen LogP contribution in [0.2, 0.25) is 0 Å². The maximum absolute atomic E-state index is 12.7. The van der Waals surface area contributed by atoms with Crippen molar-refractivity contribution in [3.8, 4) is 0 Å². The Labute approximate surface area is 195 Å². The lowest BCUT2D eigenvalue weighted by Gasteiger charge is -2.35. The van der Waals surface area contributed by atoms with Gasteiger partial charge in [0.05, 0.1) is 11.7 Å². The number of sulfonamides is 1. The molecule has 1 atom stereocenters. The van der Waals surface area contributed by atoms with E-state index in [1.54, 1.807) is 4.90 Å². The highest BCUT2D eigenvalue weighted by Crippen LogP contribution is 2.25. The van der Waals surface area contributed by atoms with Gasteiger partial charge in [-0.1, -0.05) is 35.9 Å². The number of aryl methyl sites for hydroxylation is 1. The number of amides is 2. The second kappa shape index (κ2) is 9.93. The lowest BCUT2D eigenvalue weighted by Crippen LogP contribution is -2.50. The van der Waals surface area contributed by atoms with E-state index >= 15 is 0 Å². The van der Waals surface area contributed by atoms with Crippen molar-refractivity contribution < 1.29 is 18.0 Å². The molecule has 0 unspecified atom stereocenters. The van der Waals surface area contributed by atoms with Gasteiger partial charge in [-0.3, -0.25) is 9.59 Å². The van der Waals surface area contributed by atoms with Crippen molar-refractivity contribution in [2.24, 2.45) is 5.92 Å². The van der Waals surface area contributed by atoms with Crippen LogP contribution in [0.3, 0.4) is 0 Å². The molecule has 2 aromatic rings. The van der Waals surface area contributed by atoms with Crippen LogP contribution in [0.25, 0.3) is 0 Å². The SMILES string of the molecule is Cc1ccc(N2C[C@@H](C(=O)NCCS(=O)(=O)N3CCN(c4ccccc4)CC3)CC2=O)cc1. The number of anilines is 2. The van der Waals surface area contributed by atoms with Crippen molar-refractivity contribution in [1.82, 2.24) is 9.62 Å². The Morgan fingerprint density at radius 1 is 0.970 bits per heavy atom. The molecule has 33 heavy (non-hydrogen) atoms. The van der Waals surface area contributed by atoms with E-state index in [-0.39, 0.29) is 30.5 Å². The molecule has 2 saturated heterocycles. The van der Waals surface area contributed by atoms with Gasteiger partial charge < -0.3 is 15.1 Å². The van der Waals surface area contributed by atoms with Crippen LogP contribution in [0.4, 0.5) is 11.4 Å². The van der Waals surface area contributed by atoms with Gasteiger partial charge in [0.1, 0.15) is 0 Å². The number of hydrogen-bond donors (Lipinski definition) is 1. The molecule has 2 aliphatic heterocycles. The molecule has 0 saturated carbocycles. The summed E-state index contributed by atoms with van der Waals surface area (Å²) in [7, 11) is -3.46. The van der Waals surface area contributed by atoms with Gasteiger partial charge in [-0.25, -0.2) is 8.42 Å². The third-order valence-corrected chi connectivity index (χ3v) is 8.13. The van der Waals surface area contributed by atoms with Gasteiger partial charge in [-0.15, -0.1) is 0 Å². The predicted molar refractivity (Wildman–Crippen MR) is 129 cm³/mol. The minimum Gasteiger partial charge on any atom is -0.369 e. The molecular formula is C24H30N4O4S. The number of hydrogen-bond acceptors (Lipinski definition) is 5. The fraction of sp³-hybridized carbons (Fsp3) is 0.417. The summed E-state index contributed by atoms with van der Waals surface area (Å²) in [5.74, 6) is -0.993. The Bertz CT molecular complexity index is 1080. The first-order valence-electron chi connectivity index (χ1n) is 11.3. The molecule has 0 radical (unpaired) electrons. The highest BCUT2D eigenvalue weighted by molar-refractivity contribution is 7.89.